The van der Waals surface area contributed by atoms with Gasteiger partial charge in [-0.15, -0.1) is 0 Å². The molecule has 0 bridgehead atoms. The van der Waals surface area contributed by atoms with E-state index in [4.69, 9.17) is 18.9 Å². The Labute approximate surface area is 169 Å². The van der Waals surface area contributed by atoms with E-state index in [2.05, 4.69) is 12.1 Å². The Morgan fingerprint density at radius 1 is 1.00 bits per heavy atom. The number of ether oxygens (including phenoxy) is 4. The van der Waals surface area contributed by atoms with E-state index in [0.29, 0.717) is 46.0 Å². The van der Waals surface area contributed by atoms with Crippen LogP contribution in [0.5, 0.6) is 11.5 Å². The molecule has 29 heavy (non-hydrogen) atoms. The second-order valence-corrected chi connectivity index (χ2v) is 8.06. The highest BCUT2D eigenvalue weighted by molar-refractivity contribution is 6.11. The van der Waals surface area contributed by atoms with Crippen LogP contribution in [-0.4, -0.2) is 51.6 Å². The van der Waals surface area contributed by atoms with Gasteiger partial charge in [0.25, 0.3) is 0 Å². The Morgan fingerprint density at radius 3 is 2.79 bits per heavy atom. The van der Waals surface area contributed by atoms with E-state index in [-0.39, 0.29) is 12.0 Å². The zero-order chi connectivity index (χ0) is 19.4. The second-order valence-electron chi connectivity index (χ2n) is 8.06. The molecule has 2 aromatic carbocycles. The van der Waals surface area contributed by atoms with E-state index < -0.39 is 5.41 Å². The van der Waals surface area contributed by atoms with E-state index in [1.807, 2.05) is 29.2 Å². The molecule has 1 fully saturated rings. The highest BCUT2D eigenvalue weighted by atomic mass is 16.6. The number of para-hydroxylation sites is 1. The average Bonchev–Trinajstić information content (AvgIpc) is 3.31. The van der Waals surface area contributed by atoms with Crippen molar-refractivity contribution in [2.24, 2.45) is 0 Å². The molecule has 0 N–H and O–H groups in total. The topological polar surface area (TPSA) is 57.2 Å². The molecule has 1 saturated heterocycles. The van der Waals surface area contributed by atoms with Gasteiger partial charge in [0.05, 0.1) is 45.7 Å². The summed E-state index contributed by atoms with van der Waals surface area (Å²) in [5, 5.41) is 0. The number of carbonyl (C=O) groups is 1. The van der Waals surface area contributed by atoms with Crippen LogP contribution in [0.1, 0.15) is 23.1 Å². The molecule has 2 atom stereocenters. The summed E-state index contributed by atoms with van der Waals surface area (Å²) in [6, 6.07) is 12.2. The lowest BCUT2D eigenvalue weighted by atomic mass is 9.71. The van der Waals surface area contributed by atoms with Crippen molar-refractivity contribution in [3.05, 3.63) is 53.1 Å². The van der Waals surface area contributed by atoms with E-state index in [9.17, 15) is 4.79 Å². The monoisotopic (exact) mass is 393 g/mol. The van der Waals surface area contributed by atoms with E-state index >= 15 is 0 Å². The van der Waals surface area contributed by atoms with Gasteiger partial charge in [-0.05, 0) is 23.8 Å². The fraction of sp³-hybridized carbons (Fsp3) is 0.435. The van der Waals surface area contributed by atoms with Crippen LogP contribution < -0.4 is 14.4 Å². The van der Waals surface area contributed by atoms with Crippen molar-refractivity contribution >= 4 is 11.6 Å². The van der Waals surface area contributed by atoms with Gasteiger partial charge in [0, 0.05) is 29.7 Å². The van der Waals surface area contributed by atoms with Gasteiger partial charge in [0.15, 0.2) is 0 Å². The van der Waals surface area contributed by atoms with Crippen molar-refractivity contribution in [1.82, 2.24) is 0 Å². The maximum absolute atomic E-state index is 14.0. The lowest BCUT2D eigenvalue weighted by Crippen LogP contribution is -2.48. The molecule has 6 rings (SSSR count). The molecule has 0 aromatic heterocycles. The molecule has 1 amide bonds. The lowest BCUT2D eigenvalue weighted by Gasteiger charge is -2.35. The van der Waals surface area contributed by atoms with Crippen LogP contribution in [0.15, 0.2) is 36.4 Å². The Bertz CT molecular complexity index is 983. The third-order valence-corrected chi connectivity index (χ3v) is 6.52. The number of carbonyl (C=O) groups excluding carboxylic acids is 1. The van der Waals surface area contributed by atoms with Crippen molar-refractivity contribution < 1.29 is 23.7 Å². The van der Waals surface area contributed by atoms with E-state index in [0.717, 1.165) is 40.3 Å². The smallest absolute Gasteiger partial charge is 0.242 e. The van der Waals surface area contributed by atoms with Gasteiger partial charge in [-0.3, -0.25) is 4.79 Å². The first-order valence-electron chi connectivity index (χ1n) is 10.3. The molecule has 1 spiro atoms. The summed E-state index contributed by atoms with van der Waals surface area (Å²) in [7, 11) is 0. The Morgan fingerprint density at radius 2 is 1.90 bits per heavy atom. The average molecular weight is 393 g/mol. The fourth-order valence-corrected chi connectivity index (χ4v) is 5.16. The Hall–Kier alpha value is -2.57. The van der Waals surface area contributed by atoms with Crippen molar-refractivity contribution in [3.8, 4) is 11.5 Å². The maximum atomic E-state index is 14.0. The Balaban J connectivity index is 1.48. The van der Waals surface area contributed by atoms with Crippen molar-refractivity contribution in [1.29, 1.82) is 0 Å². The van der Waals surface area contributed by atoms with Crippen LogP contribution in [0.4, 0.5) is 5.69 Å². The highest BCUT2D eigenvalue weighted by Gasteiger charge is 2.55. The minimum Gasteiger partial charge on any atom is -0.493 e. The van der Waals surface area contributed by atoms with Gasteiger partial charge in [0.1, 0.15) is 16.9 Å². The molecule has 0 radical (unpaired) electrons. The van der Waals surface area contributed by atoms with Crippen LogP contribution in [0.25, 0.3) is 0 Å². The zero-order valence-electron chi connectivity index (χ0n) is 16.2. The number of rotatable bonds is 2. The number of fused-ring (bicyclic) bond motifs is 5. The van der Waals surface area contributed by atoms with Crippen molar-refractivity contribution in [2.45, 2.75) is 24.4 Å². The molecule has 150 valence electrons. The quantitative estimate of drug-likeness (QED) is 0.785. The largest absolute Gasteiger partial charge is 0.493 e. The SMILES string of the molecule is O=C1N(CC2COCCO2)c2ccccc2C12CCOc1cc3c(cc12)OCC3. The molecule has 2 aromatic rings. The summed E-state index contributed by atoms with van der Waals surface area (Å²) in [6.07, 6.45) is 1.39. The van der Waals surface area contributed by atoms with Crippen molar-refractivity contribution in [2.75, 3.05) is 44.5 Å². The van der Waals surface area contributed by atoms with Crippen LogP contribution in [0.2, 0.25) is 0 Å². The fourth-order valence-electron chi connectivity index (χ4n) is 5.16. The molecule has 0 saturated carbocycles. The van der Waals surface area contributed by atoms with Crippen LogP contribution in [-0.2, 0) is 26.1 Å². The van der Waals surface area contributed by atoms with Crippen LogP contribution in [0.3, 0.4) is 0 Å². The molecule has 4 aliphatic rings. The number of anilines is 1. The Kier molecular flexibility index (Phi) is 3.86. The normalized spacial score (nSPS) is 27.2. The first kappa shape index (κ1) is 17.3. The standard InChI is InChI=1S/C23H23NO5/c25-22-23(6-8-29-21-11-15-5-7-28-20(15)12-18(21)23)17-3-1-2-4-19(17)24(22)13-16-14-26-9-10-27-16/h1-4,11-12,16H,5-10,13-14H2. The zero-order valence-corrected chi connectivity index (χ0v) is 16.2. The molecule has 6 heteroatoms. The number of amides is 1. The predicted molar refractivity (Wildman–Crippen MR) is 106 cm³/mol. The van der Waals surface area contributed by atoms with E-state index in [1.54, 1.807) is 0 Å². The number of nitrogens with zero attached hydrogens (tertiary/aromatic N) is 1. The first-order chi connectivity index (χ1) is 14.3. The third kappa shape index (κ3) is 2.45. The molecule has 4 aliphatic heterocycles. The van der Waals surface area contributed by atoms with Gasteiger partial charge >= 0.3 is 0 Å². The van der Waals surface area contributed by atoms with Gasteiger partial charge < -0.3 is 23.8 Å². The summed E-state index contributed by atoms with van der Waals surface area (Å²) >= 11 is 0. The second kappa shape index (κ2) is 6.47. The molecular formula is C23H23NO5. The van der Waals surface area contributed by atoms with Gasteiger partial charge in [0.2, 0.25) is 5.91 Å². The van der Waals surface area contributed by atoms with Gasteiger partial charge in [-0.25, -0.2) is 0 Å². The summed E-state index contributed by atoms with van der Waals surface area (Å²) in [5.74, 6) is 1.78. The molecule has 2 unspecified atom stereocenters. The van der Waals surface area contributed by atoms with Gasteiger partial charge in [-0.1, -0.05) is 18.2 Å². The third-order valence-electron chi connectivity index (χ3n) is 6.52. The molecule has 4 heterocycles. The lowest BCUT2D eigenvalue weighted by molar-refractivity contribution is -0.124. The van der Waals surface area contributed by atoms with Crippen molar-refractivity contribution in [3.63, 3.8) is 0 Å². The number of hydrogen-bond donors (Lipinski definition) is 0. The maximum Gasteiger partial charge on any atom is 0.242 e. The molecule has 6 nitrogen and oxygen atoms in total. The summed E-state index contributed by atoms with van der Waals surface area (Å²) in [5.41, 5.74) is 3.35. The number of hydrogen-bond acceptors (Lipinski definition) is 5. The van der Waals surface area contributed by atoms with Crippen LogP contribution in [0, 0.1) is 0 Å². The minimum absolute atomic E-state index is 0.0929. The van der Waals surface area contributed by atoms with Crippen LogP contribution >= 0.6 is 0 Å². The summed E-state index contributed by atoms with van der Waals surface area (Å²) < 4.78 is 23.2. The highest BCUT2D eigenvalue weighted by Crippen LogP contribution is 2.54. The minimum atomic E-state index is -0.735. The predicted octanol–water partition coefficient (Wildman–Crippen LogP) is 2.45. The summed E-state index contributed by atoms with van der Waals surface area (Å²) in [6.45, 7) is 3.39. The number of benzene rings is 2. The summed E-state index contributed by atoms with van der Waals surface area (Å²) in [4.78, 5) is 15.9. The molecular weight excluding hydrogens is 370 g/mol. The van der Waals surface area contributed by atoms with E-state index in [1.165, 1.54) is 0 Å². The first-order valence-corrected chi connectivity index (χ1v) is 10.3. The molecule has 0 aliphatic carbocycles. The van der Waals surface area contributed by atoms with Gasteiger partial charge in [-0.2, -0.15) is 0 Å².